The first kappa shape index (κ1) is 12.8. The molecule has 1 aliphatic heterocycles. The maximum atomic E-state index is 11.7. The van der Waals surface area contributed by atoms with Crippen LogP contribution in [0.5, 0.6) is 0 Å². The van der Waals surface area contributed by atoms with Gasteiger partial charge in [-0.3, -0.25) is 4.90 Å². The van der Waals surface area contributed by atoms with E-state index in [9.17, 15) is 4.79 Å². The lowest BCUT2D eigenvalue weighted by Crippen LogP contribution is -2.54. The number of rotatable bonds is 2. The van der Waals surface area contributed by atoms with Crippen molar-refractivity contribution in [3.05, 3.63) is 0 Å². The summed E-state index contributed by atoms with van der Waals surface area (Å²) in [5.74, 6) is 0. The normalized spacial score (nSPS) is 31.5. The maximum absolute atomic E-state index is 11.7. The molecule has 1 heterocycles. The molecule has 1 amide bonds. The van der Waals surface area contributed by atoms with E-state index in [4.69, 9.17) is 9.47 Å². The topological polar surface area (TPSA) is 38.8 Å². The highest BCUT2D eigenvalue weighted by Crippen LogP contribution is 2.29. The number of halogens is 1. The smallest absolute Gasteiger partial charge is 0.412 e. The number of amides is 1. The highest BCUT2D eigenvalue weighted by Gasteiger charge is 2.38. The zero-order valence-corrected chi connectivity index (χ0v) is 11.0. The second kappa shape index (κ2) is 5.70. The molecule has 0 aromatic carbocycles. The summed E-state index contributed by atoms with van der Waals surface area (Å²) in [6.45, 7) is 4.22. The van der Waals surface area contributed by atoms with Gasteiger partial charge in [-0.05, 0) is 26.7 Å². The Hall–Kier alpha value is -0.290. The Labute approximate surface area is 99.0 Å². The highest BCUT2D eigenvalue weighted by atomic mass is 79.9. The van der Waals surface area contributed by atoms with Gasteiger partial charge in [0.2, 0.25) is 0 Å². The summed E-state index contributed by atoms with van der Waals surface area (Å²) in [6, 6.07) is 0.169. The molecule has 5 heteroatoms. The molecule has 0 aromatic heterocycles. The van der Waals surface area contributed by atoms with Gasteiger partial charge in [-0.15, -0.1) is 0 Å². The van der Waals surface area contributed by atoms with Gasteiger partial charge in [0.1, 0.15) is 6.23 Å². The van der Waals surface area contributed by atoms with Gasteiger partial charge in [0.25, 0.3) is 0 Å². The minimum absolute atomic E-state index is 0.169. The van der Waals surface area contributed by atoms with Crippen LogP contribution in [0.15, 0.2) is 0 Å². The van der Waals surface area contributed by atoms with Gasteiger partial charge in [0, 0.05) is 13.2 Å². The molecule has 0 radical (unpaired) electrons. The Balaban J connectivity index is 2.74. The molecule has 4 nitrogen and oxygen atoms in total. The van der Waals surface area contributed by atoms with Crippen molar-refractivity contribution in [2.45, 2.75) is 43.8 Å². The Morgan fingerprint density at radius 3 is 2.73 bits per heavy atom. The zero-order chi connectivity index (χ0) is 11.4. The number of methoxy groups -OCH3 is 1. The minimum atomic E-state index is -0.291. The predicted molar refractivity (Wildman–Crippen MR) is 61.1 cm³/mol. The van der Waals surface area contributed by atoms with Gasteiger partial charge < -0.3 is 9.47 Å². The summed E-state index contributed by atoms with van der Waals surface area (Å²) in [4.78, 5) is 13.6. The van der Waals surface area contributed by atoms with Crippen molar-refractivity contribution in [1.29, 1.82) is 0 Å². The van der Waals surface area contributed by atoms with Crippen LogP contribution in [0.4, 0.5) is 4.79 Å². The fraction of sp³-hybridized carbons (Fsp3) is 0.900. The number of nitrogens with zero attached hydrogens (tertiary/aromatic N) is 1. The number of hydrogen-bond acceptors (Lipinski definition) is 3. The van der Waals surface area contributed by atoms with E-state index in [1.807, 2.05) is 6.92 Å². The number of likely N-dealkylation sites (tertiary alicyclic amines) is 1. The second-order valence-electron chi connectivity index (χ2n) is 3.67. The van der Waals surface area contributed by atoms with Gasteiger partial charge in [0.15, 0.2) is 0 Å². The lowest BCUT2D eigenvalue weighted by molar-refractivity contribution is -0.0625. The summed E-state index contributed by atoms with van der Waals surface area (Å²) < 4.78 is 10.4. The van der Waals surface area contributed by atoms with Crippen LogP contribution in [0.2, 0.25) is 0 Å². The van der Waals surface area contributed by atoms with E-state index in [2.05, 4.69) is 15.9 Å². The molecule has 88 valence electrons. The largest absolute Gasteiger partial charge is 0.450 e. The summed E-state index contributed by atoms with van der Waals surface area (Å²) >= 11 is 3.53. The van der Waals surface area contributed by atoms with Crippen LogP contribution in [-0.2, 0) is 9.47 Å². The molecule has 0 aromatic rings. The van der Waals surface area contributed by atoms with Crippen LogP contribution in [0.25, 0.3) is 0 Å². The Bertz CT molecular complexity index is 225. The van der Waals surface area contributed by atoms with Gasteiger partial charge in [-0.1, -0.05) is 15.9 Å². The van der Waals surface area contributed by atoms with Crippen LogP contribution in [0.1, 0.15) is 26.7 Å². The molecule has 15 heavy (non-hydrogen) atoms. The molecule has 3 unspecified atom stereocenters. The van der Waals surface area contributed by atoms with Gasteiger partial charge in [-0.25, -0.2) is 4.79 Å². The Morgan fingerprint density at radius 2 is 2.20 bits per heavy atom. The van der Waals surface area contributed by atoms with Crippen molar-refractivity contribution in [3.63, 3.8) is 0 Å². The van der Waals surface area contributed by atoms with E-state index < -0.39 is 0 Å². The number of carbonyl (C=O) groups excluding carboxylic acids is 1. The van der Waals surface area contributed by atoms with E-state index in [-0.39, 0.29) is 23.2 Å². The van der Waals surface area contributed by atoms with E-state index in [0.29, 0.717) is 6.61 Å². The maximum Gasteiger partial charge on any atom is 0.412 e. The molecule has 0 aliphatic carbocycles. The van der Waals surface area contributed by atoms with Crippen molar-refractivity contribution in [2.75, 3.05) is 13.7 Å². The number of ether oxygens (including phenoxy) is 2. The molecule has 0 spiro atoms. The Kier molecular flexibility index (Phi) is 4.86. The molecule has 1 saturated heterocycles. The van der Waals surface area contributed by atoms with Crippen LogP contribution in [-0.4, -0.2) is 41.8 Å². The van der Waals surface area contributed by atoms with Crippen molar-refractivity contribution in [3.8, 4) is 0 Å². The molecular weight excluding hydrogens is 262 g/mol. The molecule has 0 bridgehead atoms. The van der Waals surface area contributed by atoms with Crippen molar-refractivity contribution in [1.82, 2.24) is 4.90 Å². The molecule has 3 atom stereocenters. The molecule has 1 aliphatic rings. The van der Waals surface area contributed by atoms with Gasteiger partial charge >= 0.3 is 6.09 Å². The molecule has 1 fully saturated rings. The summed E-state index contributed by atoms with van der Waals surface area (Å²) in [5, 5.41) is 0. The summed E-state index contributed by atoms with van der Waals surface area (Å²) in [5.41, 5.74) is 0. The second-order valence-corrected chi connectivity index (χ2v) is 4.85. The van der Waals surface area contributed by atoms with Crippen LogP contribution in [0.3, 0.4) is 0 Å². The summed E-state index contributed by atoms with van der Waals surface area (Å²) in [6.07, 6.45) is 1.46. The van der Waals surface area contributed by atoms with E-state index >= 15 is 0 Å². The SMILES string of the molecule is CCOC(=O)N1C(C)CCC(Br)C1OC. The first-order valence-electron chi connectivity index (χ1n) is 5.23. The quantitative estimate of drug-likeness (QED) is 0.729. The third-order valence-corrected chi connectivity index (χ3v) is 3.55. The standard InChI is InChI=1S/C10H18BrNO3/c1-4-15-10(13)12-7(2)5-6-8(11)9(12)14-3/h7-9H,4-6H2,1-3H3. The average Bonchev–Trinajstić information content (AvgIpc) is 2.21. The molecular formula is C10H18BrNO3. The first-order valence-corrected chi connectivity index (χ1v) is 6.15. The lowest BCUT2D eigenvalue weighted by atomic mass is 10.0. The van der Waals surface area contributed by atoms with E-state index in [0.717, 1.165) is 12.8 Å². The third-order valence-electron chi connectivity index (χ3n) is 2.64. The van der Waals surface area contributed by atoms with Crippen molar-refractivity contribution < 1.29 is 14.3 Å². The number of piperidine rings is 1. The fourth-order valence-electron chi connectivity index (χ4n) is 1.85. The lowest BCUT2D eigenvalue weighted by Gasteiger charge is -2.41. The van der Waals surface area contributed by atoms with Crippen molar-refractivity contribution in [2.24, 2.45) is 0 Å². The van der Waals surface area contributed by atoms with E-state index in [1.54, 1.807) is 18.9 Å². The fourth-order valence-corrected chi connectivity index (χ4v) is 2.59. The van der Waals surface area contributed by atoms with Crippen LogP contribution < -0.4 is 0 Å². The number of alkyl halides is 1. The Morgan fingerprint density at radius 1 is 1.53 bits per heavy atom. The molecule has 0 N–H and O–H groups in total. The average molecular weight is 280 g/mol. The van der Waals surface area contributed by atoms with E-state index in [1.165, 1.54) is 0 Å². The first-order chi connectivity index (χ1) is 7.11. The molecule has 1 rings (SSSR count). The van der Waals surface area contributed by atoms with Crippen molar-refractivity contribution >= 4 is 22.0 Å². The van der Waals surface area contributed by atoms with Gasteiger partial charge in [-0.2, -0.15) is 0 Å². The highest BCUT2D eigenvalue weighted by molar-refractivity contribution is 9.09. The minimum Gasteiger partial charge on any atom is -0.450 e. The monoisotopic (exact) mass is 279 g/mol. The van der Waals surface area contributed by atoms with Gasteiger partial charge in [0.05, 0.1) is 11.4 Å². The summed E-state index contributed by atoms with van der Waals surface area (Å²) in [7, 11) is 1.61. The number of carbonyl (C=O) groups is 1. The zero-order valence-electron chi connectivity index (χ0n) is 9.40. The number of hydrogen-bond donors (Lipinski definition) is 0. The predicted octanol–water partition coefficient (Wildman–Crippen LogP) is 2.36. The van der Waals surface area contributed by atoms with Crippen LogP contribution >= 0.6 is 15.9 Å². The van der Waals surface area contributed by atoms with Crippen LogP contribution in [0, 0.1) is 0 Å². The molecule has 0 saturated carbocycles. The third kappa shape index (κ3) is 2.84.